The van der Waals surface area contributed by atoms with E-state index in [9.17, 15) is 9.59 Å². The molecule has 1 aliphatic rings. The molecule has 0 aliphatic carbocycles. The van der Waals surface area contributed by atoms with Crippen molar-refractivity contribution >= 4 is 17.5 Å². The maximum Gasteiger partial charge on any atom is 0.268 e. The first-order chi connectivity index (χ1) is 8.99. The molecular weight excluding hydrogens is 244 g/mol. The average Bonchev–Trinajstić information content (AvgIpc) is 2.69. The number of benzene rings is 1. The number of amides is 2. The van der Waals surface area contributed by atoms with Gasteiger partial charge in [-0.2, -0.15) is 0 Å². The monoisotopic (exact) mass is 260 g/mol. The number of rotatable bonds is 3. The predicted molar refractivity (Wildman–Crippen MR) is 70.9 cm³/mol. The summed E-state index contributed by atoms with van der Waals surface area (Å²) in [6.07, 6.45) is 0. The first kappa shape index (κ1) is 13.3. The van der Waals surface area contributed by atoms with E-state index in [2.05, 4.69) is 6.58 Å². The summed E-state index contributed by atoms with van der Waals surface area (Å²) in [5, 5.41) is 1.11. The fourth-order valence-corrected chi connectivity index (χ4v) is 2.18. The molecule has 5 nitrogen and oxygen atoms in total. The van der Waals surface area contributed by atoms with Crippen molar-refractivity contribution in [3.8, 4) is 0 Å². The molecule has 100 valence electrons. The second kappa shape index (κ2) is 4.85. The molecule has 5 heteroatoms. The Balaban J connectivity index is 2.32. The van der Waals surface area contributed by atoms with Crippen molar-refractivity contribution in [2.45, 2.75) is 13.0 Å². The molecule has 0 radical (unpaired) electrons. The van der Waals surface area contributed by atoms with Gasteiger partial charge in [0.25, 0.3) is 11.8 Å². The molecule has 0 N–H and O–H groups in total. The number of carbonyl (C=O) groups excluding carboxylic acids is 2. The van der Waals surface area contributed by atoms with Crippen LogP contribution in [0.3, 0.4) is 0 Å². The minimum absolute atomic E-state index is 0.203. The van der Waals surface area contributed by atoms with Gasteiger partial charge in [-0.1, -0.05) is 24.8 Å². The molecule has 1 atom stereocenters. The summed E-state index contributed by atoms with van der Waals surface area (Å²) in [6, 6.07) is 6.54. The minimum Gasteiger partial charge on any atom is -0.296 e. The Morgan fingerprint density at radius 2 is 1.95 bits per heavy atom. The smallest absolute Gasteiger partial charge is 0.268 e. The van der Waals surface area contributed by atoms with Crippen LogP contribution in [0.2, 0.25) is 0 Å². The van der Waals surface area contributed by atoms with Crippen LogP contribution in [0.5, 0.6) is 0 Å². The van der Waals surface area contributed by atoms with E-state index >= 15 is 0 Å². The number of carbonyl (C=O) groups is 2. The number of hydrogen-bond donors (Lipinski definition) is 0. The maximum atomic E-state index is 12.3. The zero-order valence-electron chi connectivity index (χ0n) is 11.2. The molecule has 2 amide bonds. The molecule has 0 fully saturated rings. The van der Waals surface area contributed by atoms with Crippen molar-refractivity contribution in [2.75, 3.05) is 14.2 Å². The second-order valence-corrected chi connectivity index (χ2v) is 4.36. The van der Waals surface area contributed by atoms with Crippen LogP contribution in [0.25, 0.3) is 5.70 Å². The second-order valence-electron chi connectivity index (χ2n) is 4.36. The van der Waals surface area contributed by atoms with Gasteiger partial charge in [-0.15, -0.1) is 0 Å². The Bertz CT molecular complexity index is 518. The van der Waals surface area contributed by atoms with Gasteiger partial charge in [-0.25, -0.2) is 5.06 Å². The van der Waals surface area contributed by atoms with Gasteiger partial charge in [-0.3, -0.25) is 19.3 Å². The molecule has 2 rings (SSSR count). The van der Waals surface area contributed by atoms with Gasteiger partial charge >= 0.3 is 0 Å². The third-order valence-corrected chi connectivity index (χ3v) is 3.31. The van der Waals surface area contributed by atoms with Crippen molar-refractivity contribution in [1.29, 1.82) is 0 Å². The SMILES string of the molecule is C=C1c2ccccc2C(=O)N1[C@@H](C)C(=O)N(C)OC. The van der Waals surface area contributed by atoms with E-state index in [1.165, 1.54) is 19.1 Å². The highest BCUT2D eigenvalue weighted by molar-refractivity contribution is 6.10. The molecule has 1 heterocycles. The van der Waals surface area contributed by atoms with Crippen LogP contribution in [0.4, 0.5) is 0 Å². The normalized spacial score (nSPS) is 15.4. The molecule has 1 aromatic carbocycles. The molecule has 0 saturated heterocycles. The number of likely N-dealkylation sites (N-methyl/N-ethyl adjacent to an activating group) is 1. The molecule has 1 aliphatic heterocycles. The zero-order valence-corrected chi connectivity index (χ0v) is 11.2. The Hall–Kier alpha value is -2.14. The van der Waals surface area contributed by atoms with Gasteiger partial charge in [0.2, 0.25) is 0 Å². The number of hydrogen-bond acceptors (Lipinski definition) is 3. The van der Waals surface area contributed by atoms with Gasteiger partial charge in [0, 0.05) is 23.9 Å². The molecule has 0 aromatic heterocycles. The van der Waals surface area contributed by atoms with Crippen LogP contribution in [0, 0.1) is 0 Å². The molecule has 0 unspecified atom stereocenters. The van der Waals surface area contributed by atoms with E-state index in [1.807, 2.05) is 12.1 Å². The Morgan fingerprint density at radius 3 is 2.47 bits per heavy atom. The Morgan fingerprint density at radius 1 is 1.37 bits per heavy atom. The lowest BCUT2D eigenvalue weighted by Gasteiger charge is -2.27. The van der Waals surface area contributed by atoms with E-state index in [0.29, 0.717) is 11.3 Å². The van der Waals surface area contributed by atoms with Crippen molar-refractivity contribution in [2.24, 2.45) is 0 Å². The number of hydroxylamine groups is 2. The largest absolute Gasteiger partial charge is 0.296 e. The van der Waals surface area contributed by atoms with Gasteiger partial charge in [0.1, 0.15) is 6.04 Å². The molecule has 19 heavy (non-hydrogen) atoms. The average molecular weight is 260 g/mol. The van der Waals surface area contributed by atoms with E-state index in [1.54, 1.807) is 19.1 Å². The first-order valence-corrected chi connectivity index (χ1v) is 5.92. The minimum atomic E-state index is -0.655. The topological polar surface area (TPSA) is 49.9 Å². The molecule has 0 saturated carbocycles. The summed E-state index contributed by atoms with van der Waals surface area (Å²) >= 11 is 0. The summed E-state index contributed by atoms with van der Waals surface area (Å²) in [5.41, 5.74) is 1.89. The van der Waals surface area contributed by atoms with Crippen LogP contribution < -0.4 is 0 Å². The molecule has 0 bridgehead atoms. The first-order valence-electron chi connectivity index (χ1n) is 5.92. The van der Waals surface area contributed by atoms with Crippen LogP contribution in [0.1, 0.15) is 22.8 Å². The summed E-state index contributed by atoms with van der Waals surface area (Å²) in [6.45, 7) is 5.57. The highest BCUT2D eigenvalue weighted by Gasteiger charge is 2.37. The van der Waals surface area contributed by atoms with E-state index < -0.39 is 6.04 Å². The van der Waals surface area contributed by atoms with Gasteiger partial charge in [-0.05, 0) is 13.0 Å². The number of nitrogens with zero attached hydrogens (tertiary/aromatic N) is 2. The zero-order chi connectivity index (χ0) is 14.2. The molecular formula is C14H16N2O3. The fourth-order valence-electron chi connectivity index (χ4n) is 2.18. The number of fused-ring (bicyclic) bond motifs is 1. The summed E-state index contributed by atoms with van der Waals surface area (Å²) in [5.74, 6) is -0.504. The summed E-state index contributed by atoms with van der Waals surface area (Å²) < 4.78 is 0. The van der Waals surface area contributed by atoms with Crippen LogP contribution in [-0.4, -0.2) is 42.0 Å². The van der Waals surface area contributed by atoms with E-state index in [0.717, 1.165) is 10.6 Å². The molecule has 0 spiro atoms. The van der Waals surface area contributed by atoms with Crippen LogP contribution >= 0.6 is 0 Å². The van der Waals surface area contributed by atoms with Gasteiger partial charge in [0.15, 0.2) is 0 Å². The van der Waals surface area contributed by atoms with Gasteiger partial charge in [0.05, 0.1) is 7.11 Å². The lowest BCUT2D eigenvalue weighted by Crippen LogP contribution is -2.45. The molecule has 1 aromatic rings. The van der Waals surface area contributed by atoms with E-state index in [-0.39, 0.29) is 11.8 Å². The third-order valence-electron chi connectivity index (χ3n) is 3.31. The Kier molecular flexibility index (Phi) is 3.40. The van der Waals surface area contributed by atoms with Crippen LogP contribution in [0.15, 0.2) is 30.8 Å². The fraction of sp³-hybridized carbons (Fsp3) is 0.286. The van der Waals surface area contributed by atoms with Gasteiger partial charge < -0.3 is 0 Å². The maximum absolute atomic E-state index is 12.3. The van der Waals surface area contributed by atoms with Crippen molar-refractivity contribution < 1.29 is 14.4 Å². The van der Waals surface area contributed by atoms with Crippen molar-refractivity contribution in [1.82, 2.24) is 9.96 Å². The standard InChI is InChI=1S/C14H16N2O3/c1-9-11-7-5-6-8-12(11)14(18)16(9)10(2)13(17)15(3)19-4/h5-8,10H,1H2,2-4H3/t10-/m0/s1. The lowest BCUT2D eigenvalue weighted by molar-refractivity contribution is -0.172. The summed E-state index contributed by atoms with van der Waals surface area (Å²) in [4.78, 5) is 30.6. The third kappa shape index (κ3) is 2.02. The van der Waals surface area contributed by atoms with Crippen LogP contribution in [-0.2, 0) is 9.63 Å². The highest BCUT2D eigenvalue weighted by Crippen LogP contribution is 2.33. The van der Waals surface area contributed by atoms with Crippen molar-refractivity contribution in [3.05, 3.63) is 42.0 Å². The lowest BCUT2D eigenvalue weighted by atomic mass is 10.1. The highest BCUT2D eigenvalue weighted by atomic mass is 16.7. The van der Waals surface area contributed by atoms with E-state index in [4.69, 9.17) is 4.84 Å². The Labute approximate surface area is 112 Å². The van der Waals surface area contributed by atoms with Crippen molar-refractivity contribution in [3.63, 3.8) is 0 Å². The predicted octanol–water partition coefficient (Wildman–Crippen LogP) is 1.52. The quantitative estimate of drug-likeness (QED) is 0.774. The summed E-state index contributed by atoms with van der Waals surface area (Å²) in [7, 11) is 2.91.